The van der Waals surface area contributed by atoms with E-state index in [9.17, 15) is 27.6 Å². The SMILES string of the molecule is CCn1c(=O)c(=O)n(CC(=O)NCCCC(=O)OC)c2cc(S(=O)(=O)N(C)C)ccc21. The van der Waals surface area contributed by atoms with E-state index in [4.69, 9.17) is 0 Å². The van der Waals surface area contributed by atoms with Crippen LogP contribution >= 0.6 is 0 Å². The Hall–Kier alpha value is -2.99. The number of amides is 1. The maximum atomic E-state index is 12.7. The zero-order chi connectivity index (χ0) is 23.3. The molecule has 2 aromatic rings. The molecule has 1 N–H and O–H groups in total. The van der Waals surface area contributed by atoms with Gasteiger partial charge >= 0.3 is 17.1 Å². The Morgan fingerprint density at radius 2 is 1.74 bits per heavy atom. The first kappa shape index (κ1) is 24.3. The number of nitrogens with zero attached hydrogens (tertiary/aromatic N) is 3. The van der Waals surface area contributed by atoms with Crippen LogP contribution in [-0.4, -0.2) is 61.5 Å². The van der Waals surface area contributed by atoms with E-state index in [-0.39, 0.29) is 29.9 Å². The lowest BCUT2D eigenvalue weighted by molar-refractivity contribution is -0.140. The topological polar surface area (TPSA) is 137 Å². The van der Waals surface area contributed by atoms with E-state index in [1.54, 1.807) is 6.92 Å². The summed E-state index contributed by atoms with van der Waals surface area (Å²) in [6.45, 7) is 1.58. The number of aromatic nitrogens is 2. The fraction of sp³-hybridized carbons (Fsp3) is 0.474. The van der Waals surface area contributed by atoms with Gasteiger partial charge in [0.1, 0.15) is 6.54 Å². The molecule has 0 unspecified atom stereocenters. The van der Waals surface area contributed by atoms with Crippen LogP contribution in [-0.2, 0) is 37.4 Å². The van der Waals surface area contributed by atoms with Crippen molar-refractivity contribution >= 4 is 32.9 Å². The average Bonchev–Trinajstić information content (AvgIpc) is 2.74. The van der Waals surface area contributed by atoms with Crippen molar-refractivity contribution in [3.63, 3.8) is 0 Å². The number of hydrogen-bond donors (Lipinski definition) is 1. The lowest BCUT2D eigenvalue weighted by Gasteiger charge is -2.16. The number of ether oxygens (including phenoxy) is 1. The molecule has 0 aliphatic carbocycles. The van der Waals surface area contributed by atoms with Crippen molar-refractivity contribution in [2.45, 2.75) is 37.8 Å². The number of sulfonamides is 1. The maximum Gasteiger partial charge on any atom is 0.317 e. The number of benzene rings is 1. The van der Waals surface area contributed by atoms with Crippen molar-refractivity contribution in [2.24, 2.45) is 0 Å². The molecule has 0 aliphatic rings. The quantitative estimate of drug-likeness (QED) is 0.306. The van der Waals surface area contributed by atoms with Gasteiger partial charge in [-0.3, -0.25) is 23.7 Å². The Bertz CT molecular complexity index is 1210. The van der Waals surface area contributed by atoms with Crippen LogP contribution in [0.15, 0.2) is 32.7 Å². The molecule has 1 amide bonds. The summed E-state index contributed by atoms with van der Waals surface area (Å²) < 4.78 is 32.8. The Balaban J connectivity index is 2.48. The van der Waals surface area contributed by atoms with Crippen LogP contribution in [0.5, 0.6) is 0 Å². The fourth-order valence-electron chi connectivity index (χ4n) is 3.00. The van der Waals surface area contributed by atoms with E-state index in [2.05, 4.69) is 10.1 Å². The minimum absolute atomic E-state index is 0.0714. The minimum atomic E-state index is -3.80. The van der Waals surface area contributed by atoms with Gasteiger partial charge in [-0.25, -0.2) is 12.7 Å². The lowest BCUT2D eigenvalue weighted by atomic mass is 10.2. The second-order valence-corrected chi connectivity index (χ2v) is 9.06. The van der Waals surface area contributed by atoms with Gasteiger partial charge in [-0.15, -0.1) is 0 Å². The molecule has 0 atom stereocenters. The zero-order valence-electron chi connectivity index (χ0n) is 17.9. The monoisotopic (exact) mass is 454 g/mol. The van der Waals surface area contributed by atoms with Gasteiger partial charge in [0.25, 0.3) is 0 Å². The lowest BCUT2D eigenvalue weighted by Crippen LogP contribution is -2.44. The highest BCUT2D eigenvalue weighted by Gasteiger charge is 2.21. The number of hydrogen-bond acceptors (Lipinski definition) is 7. The predicted octanol–water partition coefficient (Wildman–Crippen LogP) is -0.497. The summed E-state index contributed by atoms with van der Waals surface area (Å²) in [5.41, 5.74) is -1.25. The standard InChI is InChI=1S/C19H26N4O7S/c1-5-22-14-9-8-13(31(28,29)21(2)3)11-15(14)23(19(27)18(22)26)12-16(24)20-10-6-7-17(25)30-4/h8-9,11H,5-7,10,12H2,1-4H3,(H,20,24). The number of carbonyl (C=O) groups excluding carboxylic acids is 2. The molecule has 0 radical (unpaired) electrons. The molecule has 170 valence electrons. The van der Waals surface area contributed by atoms with Gasteiger partial charge in [-0.05, 0) is 31.5 Å². The summed E-state index contributed by atoms with van der Waals surface area (Å²) in [5.74, 6) is -0.961. The largest absolute Gasteiger partial charge is 0.469 e. The van der Waals surface area contributed by atoms with Crippen LogP contribution in [0.1, 0.15) is 19.8 Å². The van der Waals surface area contributed by atoms with Crippen LogP contribution in [0.3, 0.4) is 0 Å². The maximum absolute atomic E-state index is 12.7. The van der Waals surface area contributed by atoms with Gasteiger partial charge in [0.05, 0.1) is 23.0 Å². The van der Waals surface area contributed by atoms with Crippen molar-refractivity contribution in [3.8, 4) is 0 Å². The van der Waals surface area contributed by atoms with E-state index in [0.29, 0.717) is 11.9 Å². The van der Waals surface area contributed by atoms with Gasteiger partial charge in [0.15, 0.2) is 0 Å². The van der Waals surface area contributed by atoms with Crippen molar-refractivity contribution < 1.29 is 22.7 Å². The molecule has 1 heterocycles. The highest BCUT2D eigenvalue weighted by atomic mass is 32.2. The fourth-order valence-corrected chi connectivity index (χ4v) is 3.92. The van der Waals surface area contributed by atoms with E-state index in [0.717, 1.165) is 8.87 Å². The Morgan fingerprint density at radius 3 is 2.32 bits per heavy atom. The zero-order valence-corrected chi connectivity index (χ0v) is 18.7. The third-order valence-electron chi connectivity index (χ3n) is 4.71. The number of fused-ring (bicyclic) bond motifs is 1. The van der Waals surface area contributed by atoms with Crippen molar-refractivity contribution in [1.29, 1.82) is 0 Å². The first-order valence-electron chi connectivity index (χ1n) is 9.58. The predicted molar refractivity (Wildman–Crippen MR) is 113 cm³/mol. The Morgan fingerprint density at radius 1 is 1.10 bits per heavy atom. The van der Waals surface area contributed by atoms with Crippen LogP contribution in [0, 0.1) is 0 Å². The van der Waals surface area contributed by atoms with E-state index in [1.165, 1.54) is 44.0 Å². The summed E-state index contributed by atoms with van der Waals surface area (Å²) in [7, 11) is 0.220. The van der Waals surface area contributed by atoms with Crippen LogP contribution in [0.4, 0.5) is 0 Å². The Kier molecular flexibility index (Phi) is 7.74. The molecule has 31 heavy (non-hydrogen) atoms. The van der Waals surface area contributed by atoms with Crippen molar-refractivity contribution in [3.05, 3.63) is 38.9 Å². The molecule has 0 fully saturated rings. The molecule has 0 saturated heterocycles. The Labute approximate surface area is 179 Å². The van der Waals surface area contributed by atoms with E-state index in [1.807, 2.05) is 0 Å². The number of aryl methyl sites for hydroxylation is 1. The summed E-state index contributed by atoms with van der Waals surface area (Å²) in [5, 5.41) is 2.57. The summed E-state index contributed by atoms with van der Waals surface area (Å²) >= 11 is 0. The molecular weight excluding hydrogens is 428 g/mol. The molecule has 0 aliphatic heterocycles. The summed E-state index contributed by atoms with van der Waals surface area (Å²) in [6, 6.07) is 4.08. The van der Waals surface area contributed by atoms with Gasteiger partial charge in [0.2, 0.25) is 15.9 Å². The minimum Gasteiger partial charge on any atom is -0.469 e. The number of carbonyl (C=O) groups is 2. The number of rotatable bonds is 9. The average molecular weight is 455 g/mol. The van der Waals surface area contributed by atoms with Crippen molar-refractivity contribution in [2.75, 3.05) is 27.7 Å². The smallest absolute Gasteiger partial charge is 0.317 e. The molecule has 11 nitrogen and oxygen atoms in total. The molecule has 0 bridgehead atoms. The van der Waals surface area contributed by atoms with Crippen LogP contribution in [0.25, 0.3) is 11.0 Å². The second-order valence-electron chi connectivity index (χ2n) is 6.91. The van der Waals surface area contributed by atoms with Crippen molar-refractivity contribution in [1.82, 2.24) is 18.8 Å². The summed E-state index contributed by atoms with van der Waals surface area (Å²) in [6.07, 6.45) is 0.467. The molecule has 1 aromatic heterocycles. The molecule has 12 heteroatoms. The molecule has 1 aromatic carbocycles. The first-order chi connectivity index (χ1) is 14.5. The number of nitrogens with one attached hydrogen (secondary N) is 1. The first-order valence-corrected chi connectivity index (χ1v) is 11.0. The molecule has 2 rings (SSSR count). The molecular formula is C19H26N4O7S. The molecule has 0 spiro atoms. The third kappa shape index (κ3) is 5.20. The van der Waals surface area contributed by atoms with Gasteiger partial charge in [0, 0.05) is 33.6 Å². The second kappa shape index (κ2) is 9.88. The summed E-state index contributed by atoms with van der Waals surface area (Å²) in [4.78, 5) is 48.6. The van der Waals surface area contributed by atoms with E-state index >= 15 is 0 Å². The van der Waals surface area contributed by atoms with Gasteiger partial charge < -0.3 is 14.6 Å². The number of esters is 1. The van der Waals surface area contributed by atoms with E-state index < -0.39 is 39.6 Å². The normalized spacial score (nSPS) is 11.6. The van der Waals surface area contributed by atoms with Crippen LogP contribution < -0.4 is 16.4 Å². The van der Waals surface area contributed by atoms with Gasteiger partial charge in [-0.1, -0.05) is 0 Å². The third-order valence-corrected chi connectivity index (χ3v) is 6.52. The van der Waals surface area contributed by atoms with Gasteiger partial charge in [-0.2, -0.15) is 0 Å². The highest BCUT2D eigenvalue weighted by molar-refractivity contribution is 7.89. The molecule has 0 saturated carbocycles. The highest BCUT2D eigenvalue weighted by Crippen LogP contribution is 2.19. The number of methoxy groups -OCH3 is 1. The van der Waals surface area contributed by atoms with Crippen LogP contribution in [0.2, 0.25) is 0 Å².